The van der Waals surface area contributed by atoms with Crippen molar-refractivity contribution in [2.45, 2.75) is 57.5 Å². The topological polar surface area (TPSA) is 91.4 Å². The maximum Gasteiger partial charge on any atom is 0.419 e. The third kappa shape index (κ3) is 2.24. The van der Waals surface area contributed by atoms with E-state index >= 15 is 0 Å². The third-order valence-electron chi connectivity index (χ3n) is 7.15. The number of alkyl halides is 2. The van der Waals surface area contributed by atoms with Gasteiger partial charge in [-0.15, -0.1) is 0 Å². The van der Waals surface area contributed by atoms with E-state index in [0.29, 0.717) is 17.7 Å². The van der Waals surface area contributed by atoms with E-state index in [4.69, 9.17) is 14.2 Å². The summed E-state index contributed by atoms with van der Waals surface area (Å²) in [5.41, 5.74) is -1.57. The lowest BCUT2D eigenvalue weighted by atomic mass is 9.67. The van der Waals surface area contributed by atoms with Crippen LogP contribution in [0.3, 0.4) is 0 Å². The molecule has 0 radical (unpaired) electrons. The summed E-state index contributed by atoms with van der Waals surface area (Å²) in [5.74, 6) is -6.49. The number of esters is 1. The number of methoxy groups -OCH3 is 1. The summed E-state index contributed by atoms with van der Waals surface area (Å²) in [6.45, 7) is 3.38. The zero-order valence-corrected chi connectivity index (χ0v) is 15.9. The van der Waals surface area contributed by atoms with E-state index in [2.05, 4.69) is 4.74 Å². The lowest BCUT2D eigenvalue weighted by molar-refractivity contribution is -0.205. The van der Waals surface area contributed by atoms with E-state index in [0.717, 1.165) is 13.5 Å². The van der Waals surface area contributed by atoms with Crippen molar-refractivity contribution in [3.8, 4) is 0 Å². The van der Waals surface area contributed by atoms with E-state index in [1.807, 2.05) is 13.8 Å². The minimum Gasteiger partial charge on any atom is -0.459 e. The Bertz CT molecular complexity index is 727. The highest BCUT2D eigenvalue weighted by molar-refractivity contribution is 5.98. The van der Waals surface area contributed by atoms with Gasteiger partial charge in [-0.3, -0.25) is 4.79 Å². The van der Waals surface area contributed by atoms with Crippen molar-refractivity contribution in [2.75, 3.05) is 20.3 Å². The van der Waals surface area contributed by atoms with Gasteiger partial charge >= 0.3 is 18.0 Å². The highest BCUT2D eigenvalue weighted by Gasteiger charge is 2.72. The molecular weight excluding hydrogens is 380 g/mol. The van der Waals surface area contributed by atoms with Gasteiger partial charge in [0.1, 0.15) is 6.61 Å². The molecule has 2 aliphatic heterocycles. The number of hydrogen-bond acceptors (Lipinski definition) is 7. The Morgan fingerprint density at radius 1 is 1.18 bits per heavy atom. The van der Waals surface area contributed by atoms with Crippen LogP contribution in [0.1, 0.15) is 33.1 Å². The standard InChI is InChI=1S/C18H23F2NO7/c1-16(2)9-4-5-17(16)10(8-9)26-6-7-27-14(23)18(19,20)11-12(25-3)21(13(17)22)15(24)28-11/h9-12H,4-8H2,1-3H3/t9-,10-,11-,12+,17+/m1/s1. The zero-order chi connectivity index (χ0) is 20.5. The molecule has 2 saturated heterocycles. The number of fused-ring (bicyclic) bond motifs is 3. The van der Waals surface area contributed by atoms with E-state index in [1.165, 1.54) is 0 Å². The number of hydrogen-bond donors (Lipinski definition) is 0. The lowest BCUT2D eigenvalue weighted by Crippen LogP contribution is -2.59. The molecule has 2 aliphatic carbocycles. The van der Waals surface area contributed by atoms with Gasteiger partial charge in [0.15, 0.2) is 6.23 Å². The lowest BCUT2D eigenvalue weighted by Gasteiger charge is -2.43. The highest BCUT2D eigenvalue weighted by atomic mass is 19.3. The average molecular weight is 403 g/mol. The normalized spacial score (nSPS) is 41.8. The average Bonchev–Trinajstić information content (AvgIpc) is 3.19. The van der Waals surface area contributed by atoms with Crippen LogP contribution in [0.4, 0.5) is 13.6 Å². The Labute approximate surface area is 160 Å². The van der Waals surface area contributed by atoms with E-state index < -0.39 is 53.2 Å². The number of carbonyl (C=O) groups is 3. The molecule has 1 spiro atoms. The Morgan fingerprint density at radius 2 is 1.89 bits per heavy atom. The summed E-state index contributed by atoms with van der Waals surface area (Å²) >= 11 is 0. The number of amides is 2. The van der Waals surface area contributed by atoms with Crippen LogP contribution in [0.25, 0.3) is 0 Å². The molecule has 28 heavy (non-hydrogen) atoms. The molecule has 0 aromatic heterocycles. The Balaban J connectivity index is 1.82. The number of rotatable bonds is 1. The Kier molecular flexibility index (Phi) is 4.24. The molecule has 4 bridgehead atoms. The first-order valence-electron chi connectivity index (χ1n) is 9.32. The SMILES string of the molecule is CO[C@H]1[C@H]2OC(=O)N1C(=O)[C@]13CC[C@H](C[C@H]1OCCOC(=O)C2(F)F)C3(C)C. The number of nitrogens with zero attached hydrogens (tertiary/aromatic N) is 1. The first-order chi connectivity index (χ1) is 13.1. The van der Waals surface area contributed by atoms with Crippen LogP contribution in [0.15, 0.2) is 0 Å². The molecule has 4 fully saturated rings. The smallest absolute Gasteiger partial charge is 0.419 e. The predicted molar refractivity (Wildman–Crippen MR) is 87.1 cm³/mol. The van der Waals surface area contributed by atoms with E-state index in [9.17, 15) is 23.2 Å². The molecule has 0 N–H and O–H groups in total. The summed E-state index contributed by atoms with van der Waals surface area (Å²) in [6, 6.07) is 0. The van der Waals surface area contributed by atoms with Crippen LogP contribution >= 0.6 is 0 Å². The van der Waals surface area contributed by atoms with Crippen LogP contribution < -0.4 is 0 Å². The number of cyclic esters (lactones) is 1. The van der Waals surface area contributed by atoms with Crippen LogP contribution in [-0.2, 0) is 28.5 Å². The molecule has 8 nitrogen and oxygen atoms in total. The fourth-order valence-corrected chi connectivity index (χ4v) is 5.52. The molecule has 0 unspecified atom stereocenters. The summed E-state index contributed by atoms with van der Waals surface area (Å²) in [6.07, 6.45) is -3.95. The summed E-state index contributed by atoms with van der Waals surface area (Å²) < 4.78 is 49.5. The fraction of sp³-hybridized carbons (Fsp3) is 0.833. The molecule has 4 rings (SSSR count). The second-order valence-electron chi connectivity index (χ2n) is 8.39. The second-order valence-corrected chi connectivity index (χ2v) is 8.39. The van der Waals surface area contributed by atoms with Gasteiger partial charge in [-0.1, -0.05) is 13.8 Å². The largest absolute Gasteiger partial charge is 0.459 e. The Morgan fingerprint density at radius 3 is 2.54 bits per heavy atom. The first kappa shape index (κ1) is 19.5. The maximum atomic E-state index is 14.6. The molecule has 0 aromatic rings. The van der Waals surface area contributed by atoms with Crippen molar-refractivity contribution in [2.24, 2.45) is 16.7 Å². The van der Waals surface area contributed by atoms with Gasteiger partial charge in [-0.2, -0.15) is 8.78 Å². The minimum absolute atomic E-state index is 0.114. The molecule has 2 heterocycles. The zero-order valence-electron chi connectivity index (χ0n) is 15.9. The van der Waals surface area contributed by atoms with Crippen molar-refractivity contribution in [1.82, 2.24) is 4.90 Å². The van der Waals surface area contributed by atoms with E-state index in [1.54, 1.807) is 0 Å². The van der Waals surface area contributed by atoms with Gasteiger partial charge in [0.2, 0.25) is 12.0 Å². The van der Waals surface area contributed by atoms with Gasteiger partial charge in [0.25, 0.3) is 0 Å². The van der Waals surface area contributed by atoms with E-state index in [-0.39, 0.29) is 19.1 Å². The number of ether oxygens (including phenoxy) is 4. The van der Waals surface area contributed by atoms with Crippen molar-refractivity contribution in [3.63, 3.8) is 0 Å². The number of imide groups is 1. The van der Waals surface area contributed by atoms with Crippen molar-refractivity contribution >= 4 is 18.0 Å². The maximum absolute atomic E-state index is 14.6. The van der Waals surface area contributed by atoms with Gasteiger partial charge in [-0.25, -0.2) is 14.5 Å². The van der Waals surface area contributed by atoms with Crippen LogP contribution in [0.5, 0.6) is 0 Å². The molecule has 0 aromatic carbocycles. The van der Waals surface area contributed by atoms with Crippen molar-refractivity contribution < 1.29 is 42.1 Å². The summed E-state index contributed by atoms with van der Waals surface area (Å²) in [7, 11) is 1.08. The monoisotopic (exact) mass is 403 g/mol. The molecule has 2 saturated carbocycles. The van der Waals surface area contributed by atoms with Crippen LogP contribution in [0.2, 0.25) is 0 Å². The number of carbonyl (C=O) groups excluding carboxylic acids is 3. The molecular formula is C18H23F2NO7. The quantitative estimate of drug-likeness (QED) is 0.616. The van der Waals surface area contributed by atoms with Gasteiger partial charge < -0.3 is 18.9 Å². The number of halogens is 2. The van der Waals surface area contributed by atoms with Crippen LogP contribution in [0, 0.1) is 16.7 Å². The van der Waals surface area contributed by atoms with Crippen molar-refractivity contribution in [3.05, 3.63) is 0 Å². The highest BCUT2D eigenvalue weighted by Crippen LogP contribution is 2.67. The molecule has 4 aliphatic rings. The first-order valence-corrected chi connectivity index (χ1v) is 9.32. The van der Waals surface area contributed by atoms with Crippen LogP contribution in [-0.4, -0.2) is 67.6 Å². The molecule has 156 valence electrons. The summed E-state index contributed by atoms with van der Waals surface area (Å²) in [5, 5.41) is 0. The molecule has 2 amide bonds. The molecule has 10 heteroatoms. The van der Waals surface area contributed by atoms with Crippen molar-refractivity contribution in [1.29, 1.82) is 0 Å². The van der Waals surface area contributed by atoms with Gasteiger partial charge in [0, 0.05) is 7.11 Å². The second kappa shape index (κ2) is 6.09. The predicted octanol–water partition coefficient (Wildman–Crippen LogP) is 1.71. The van der Waals surface area contributed by atoms with Gasteiger partial charge in [-0.05, 0) is 30.6 Å². The third-order valence-corrected chi connectivity index (χ3v) is 7.15. The molecule has 5 atom stereocenters. The Hall–Kier alpha value is -1.81. The summed E-state index contributed by atoms with van der Waals surface area (Å²) in [4.78, 5) is 38.6. The fourth-order valence-electron chi connectivity index (χ4n) is 5.52. The minimum atomic E-state index is -4.18. The van der Waals surface area contributed by atoms with Gasteiger partial charge in [0.05, 0.1) is 18.1 Å².